The molecule has 1 aliphatic rings. The fourth-order valence-electron chi connectivity index (χ4n) is 4.61. The smallest absolute Gasteiger partial charge is 0.416 e. The zero-order chi connectivity index (χ0) is 30.4. The summed E-state index contributed by atoms with van der Waals surface area (Å²) in [6, 6.07) is 15.5. The molecule has 0 aliphatic carbocycles. The van der Waals surface area contributed by atoms with E-state index in [-0.39, 0.29) is 18.7 Å². The minimum atomic E-state index is -4.55. The van der Waals surface area contributed by atoms with Crippen LogP contribution in [0.25, 0.3) is 0 Å². The average Bonchev–Trinajstić information content (AvgIpc) is 3.43. The van der Waals surface area contributed by atoms with E-state index in [0.29, 0.717) is 39.8 Å². The van der Waals surface area contributed by atoms with Gasteiger partial charge in [0.25, 0.3) is 11.8 Å². The molecule has 0 N–H and O–H groups in total. The van der Waals surface area contributed by atoms with Crippen LogP contribution >= 0.6 is 11.6 Å². The van der Waals surface area contributed by atoms with E-state index in [0.717, 1.165) is 24.3 Å². The van der Waals surface area contributed by atoms with Crippen LogP contribution in [0.4, 0.5) is 13.2 Å². The second kappa shape index (κ2) is 13.3. The second-order valence-electron chi connectivity index (χ2n) is 9.39. The van der Waals surface area contributed by atoms with Gasteiger partial charge < -0.3 is 19.1 Å². The van der Waals surface area contributed by atoms with Gasteiger partial charge in [0.05, 0.1) is 38.1 Å². The van der Waals surface area contributed by atoms with Crippen LogP contribution < -0.4 is 9.47 Å². The van der Waals surface area contributed by atoms with Crippen LogP contribution in [0.15, 0.2) is 71.8 Å². The number of hydrogen-bond donors (Lipinski definition) is 0. The Morgan fingerprint density at radius 3 is 2.36 bits per heavy atom. The normalized spacial score (nSPS) is 14.9. The number of hydrogen-bond acceptors (Lipinski definition) is 6. The highest BCUT2D eigenvalue weighted by atomic mass is 35.5. The van der Waals surface area contributed by atoms with Gasteiger partial charge in [-0.2, -0.15) is 18.3 Å². The maximum absolute atomic E-state index is 13.9. The molecule has 1 aliphatic heterocycles. The van der Waals surface area contributed by atoms with Gasteiger partial charge in [0.2, 0.25) is 0 Å². The van der Waals surface area contributed by atoms with Gasteiger partial charge in [-0.3, -0.25) is 9.59 Å². The lowest BCUT2D eigenvalue weighted by atomic mass is 9.97. The molecule has 3 aromatic rings. The van der Waals surface area contributed by atoms with Crippen LogP contribution in [0, 0.1) is 0 Å². The molecule has 222 valence electrons. The van der Waals surface area contributed by atoms with Gasteiger partial charge >= 0.3 is 6.18 Å². The third kappa shape index (κ3) is 6.85. The van der Waals surface area contributed by atoms with Gasteiger partial charge in [-0.15, -0.1) is 0 Å². The van der Waals surface area contributed by atoms with Crippen molar-refractivity contribution < 1.29 is 37.0 Å². The van der Waals surface area contributed by atoms with Crippen molar-refractivity contribution in [3.8, 4) is 11.5 Å². The zero-order valence-corrected chi connectivity index (χ0v) is 23.9. The van der Waals surface area contributed by atoms with Gasteiger partial charge in [0, 0.05) is 41.8 Å². The topological polar surface area (TPSA) is 80.7 Å². The van der Waals surface area contributed by atoms with E-state index in [4.69, 9.17) is 25.8 Å². The summed E-state index contributed by atoms with van der Waals surface area (Å²) in [5, 5.41) is 6.38. The van der Waals surface area contributed by atoms with Crippen molar-refractivity contribution in [2.24, 2.45) is 5.10 Å². The molecule has 0 aromatic heterocycles. The molecular weight excluding hydrogens is 575 g/mol. The fourth-order valence-corrected chi connectivity index (χ4v) is 4.86. The second-order valence-corrected chi connectivity index (χ2v) is 9.79. The third-order valence-electron chi connectivity index (χ3n) is 6.78. The quantitative estimate of drug-likeness (QED) is 0.291. The number of methoxy groups -OCH3 is 3. The summed E-state index contributed by atoms with van der Waals surface area (Å²) in [4.78, 5) is 28.4. The number of rotatable bonds is 10. The lowest BCUT2D eigenvalue weighted by Crippen LogP contribution is -2.42. The first-order valence-electron chi connectivity index (χ1n) is 12.9. The van der Waals surface area contributed by atoms with Crippen LogP contribution in [-0.4, -0.2) is 68.5 Å². The summed E-state index contributed by atoms with van der Waals surface area (Å²) in [5.41, 5.74) is 0.958. The fraction of sp³-hybridized carbons (Fsp3) is 0.300. The molecule has 8 nitrogen and oxygen atoms in total. The average molecular weight is 604 g/mol. The van der Waals surface area contributed by atoms with Gasteiger partial charge in [0.15, 0.2) is 0 Å². The number of benzene rings is 3. The molecule has 1 heterocycles. The molecule has 1 unspecified atom stereocenters. The maximum Gasteiger partial charge on any atom is 0.416 e. The van der Waals surface area contributed by atoms with Crippen molar-refractivity contribution in [1.82, 2.24) is 9.91 Å². The zero-order valence-electron chi connectivity index (χ0n) is 23.2. The molecule has 2 amide bonds. The van der Waals surface area contributed by atoms with Crippen molar-refractivity contribution >= 4 is 29.1 Å². The van der Waals surface area contributed by atoms with Crippen LogP contribution in [0.1, 0.15) is 39.5 Å². The molecule has 0 bridgehead atoms. The van der Waals surface area contributed by atoms with E-state index in [9.17, 15) is 22.8 Å². The SMILES string of the molecule is COCCN(CC(=O)N1N=C(c2ccccc2Cl)CC1c1cc(OC)ccc1OC)C(=O)c1ccc(C(F)(F)F)cc1. The van der Waals surface area contributed by atoms with Crippen molar-refractivity contribution in [2.75, 3.05) is 41.0 Å². The van der Waals surface area contributed by atoms with E-state index in [1.54, 1.807) is 36.4 Å². The Labute approximate surface area is 246 Å². The van der Waals surface area contributed by atoms with Crippen molar-refractivity contribution in [3.05, 3.63) is 94.0 Å². The summed E-state index contributed by atoms with van der Waals surface area (Å²) >= 11 is 6.46. The molecule has 0 saturated heterocycles. The molecule has 4 rings (SSSR count). The Kier molecular flexibility index (Phi) is 9.74. The van der Waals surface area contributed by atoms with E-state index in [1.807, 2.05) is 6.07 Å². The summed E-state index contributed by atoms with van der Waals surface area (Å²) in [6.45, 7) is -0.295. The minimum absolute atomic E-state index is 0.000373. The Morgan fingerprint density at radius 2 is 1.74 bits per heavy atom. The molecule has 0 saturated carbocycles. The van der Waals surface area contributed by atoms with Crippen molar-refractivity contribution in [3.63, 3.8) is 0 Å². The minimum Gasteiger partial charge on any atom is -0.497 e. The predicted octanol–water partition coefficient (Wildman–Crippen LogP) is 5.84. The molecule has 12 heteroatoms. The lowest BCUT2D eigenvalue weighted by molar-refractivity contribution is -0.137. The van der Waals surface area contributed by atoms with Crippen molar-refractivity contribution in [2.45, 2.75) is 18.6 Å². The van der Waals surface area contributed by atoms with Gasteiger partial charge in [-0.1, -0.05) is 29.8 Å². The van der Waals surface area contributed by atoms with Crippen LogP contribution in [-0.2, 0) is 15.7 Å². The molecule has 3 aromatic carbocycles. The number of ether oxygens (including phenoxy) is 3. The molecule has 0 radical (unpaired) electrons. The summed E-state index contributed by atoms with van der Waals surface area (Å²) in [6.07, 6.45) is -4.25. The number of alkyl halides is 3. The number of carbonyl (C=O) groups excluding carboxylic acids is 2. The van der Waals surface area contributed by atoms with Gasteiger partial charge in [-0.25, -0.2) is 5.01 Å². The van der Waals surface area contributed by atoms with E-state index < -0.39 is 36.1 Å². The van der Waals surface area contributed by atoms with Crippen LogP contribution in [0.5, 0.6) is 11.5 Å². The molecule has 0 fully saturated rings. The highest BCUT2D eigenvalue weighted by molar-refractivity contribution is 6.34. The highest BCUT2D eigenvalue weighted by Gasteiger charge is 2.37. The predicted molar refractivity (Wildman–Crippen MR) is 151 cm³/mol. The Morgan fingerprint density at radius 1 is 1.02 bits per heavy atom. The Balaban J connectivity index is 1.69. The first-order chi connectivity index (χ1) is 20.1. The highest BCUT2D eigenvalue weighted by Crippen LogP contribution is 2.40. The van der Waals surface area contributed by atoms with Gasteiger partial charge in [-0.05, 0) is 48.5 Å². The monoisotopic (exact) mass is 603 g/mol. The first-order valence-corrected chi connectivity index (χ1v) is 13.3. The summed E-state index contributed by atoms with van der Waals surface area (Å²) < 4.78 is 55.3. The molecule has 42 heavy (non-hydrogen) atoms. The molecule has 0 spiro atoms. The van der Waals surface area contributed by atoms with E-state index >= 15 is 0 Å². The number of carbonyl (C=O) groups is 2. The third-order valence-corrected chi connectivity index (χ3v) is 7.11. The largest absolute Gasteiger partial charge is 0.497 e. The maximum atomic E-state index is 13.9. The number of amides is 2. The van der Waals surface area contributed by atoms with Crippen LogP contribution in [0.2, 0.25) is 5.02 Å². The standard InChI is InChI=1S/C30H29ClF3N3O5/c1-40-15-14-36(29(39)19-8-10-20(11-9-19)30(32,33)34)18-28(38)37-26(23-16-21(41-2)12-13-27(23)42-3)17-25(35-37)22-6-4-5-7-24(22)31/h4-13,16,26H,14-15,17-18H2,1-3H3. The lowest BCUT2D eigenvalue weighted by Gasteiger charge is -2.28. The van der Waals surface area contributed by atoms with Gasteiger partial charge in [0.1, 0.15) is 18.0 Å². The molecular formula is C30H29ClF3N3O5. The Hall–Kier alpha value is -4.09. The molecule has 1 atom stereocenters. The summed E-state index contributed by atoms with van der Waals surface area (Å²) in [7, 11) is 4.47. The van der Waals surface area contributed by atoms with E-state index in [2.05, 4.69) is 5.10 Å². The number of hydrazone groups is 1. The number of halogens is 4. The van der Waals surface area contributed by atoms with E-state index in [1.165, 1.54) is 31.2 Å². The van der Waals surface area contributed by atoms with Crippen LogP contribution in [0.3, 0.4) is 0 Å². The van der Waals surface area contributed by atoms with Crippen molar-refractivity contribution in [1.29, 1.82) is 0 Å². The number of nitrogens with zero attached hydrogens (tertiary/aromatic N) is 3. The Bertz CT molecular complexity index is 1460. The first kappa shape index (κ1) is 30.9. The summed E-state index contributed by atoms with van der Waals surface area (Å²) in [5.74, 6) is -0.0997.